The molecule has 0 aliphatic heterocycles. The zero-order valence-electron chi connectivity index (χ0n) is 11.9. The van der Waals surface area contributed by atoms with E-state index in [4.69, 9.17) is 11.6 Å². The smallest absolute Gasteiger partial charge is 0.271 e. The first kappa shape index (κ1) is 15.4. The van der Waals surface area contributed by atoms with E-state index in [2.05, 4.69) is 15.3 Å². The van der Waals surface area contributed by atoms with Crippen molar-refractivity contribution in [2.75, 3.05) is 5.32 Å². The number of nitrogens with one attached hydrogen (secondary N) is 1. The molecule has 3 rings (SSSR count). The Hall–Kier alpha value is -2.45. The van der Waals surface area contributed by atoms with E-state index in [9.17, 15) is 15.2 Å². The topological polar surface area (TPSA) is 101 Å². The summed E-state index contributed by atoms with van der Waals surface area (Å²) in [5, 5.41) is 24.5. The minimum Gasteiger partial charge on any atom is -0.506 e. The van der Waals surface area contributed by atoms with Crippen molar-refractivity contribution in [2.45, 2.75) is 13.3 Å². The molecule has 0 spiro atoms. The zero-order chi connectivity index (χ0) is 16.6. The van der Waals surface area contributed by atoms with Crippen molar-refractivity contribution in [3.8, 4) is 5.75 Å². The highest BCUT2D eigenvalue weighted by atomic mass is 35.5. The highest BCUT2D eigenvalue weighted by Gasteiger charge is 2.15. The molecular formula is C14H11ClN4O3S. The van der Waals surface area contributed by atoms with Gasteiger partial charge in [0.2, 0.25) is 5.28 Å². The molecule has 0 amide bonds. The van der Waals surface area contributed by atoms with Crippen LogP contribution in [0.25, 0.3) is 10.2 Å². The summed E-state index contributed by atoms with van der Waals surface area (Å²) in [6.45, 7) is 2.03. The van der Waals surface area contributed by atoms with Gasteiger partial charge >= 0.3 is 0 Å². The summed E-state index contributed by atoms with van der Waals surface area (Å²) < 4.78 is 0. The highest BCUT2D eigenvalue weighted by molar-refractivity contribution is 7.18. The number of aromatic nitrogens is 2. The summed E-state index contributed by atoms with van der Waals surface area (Å²) >= 11 is 7.44. The normalized spacial score (nSPS) is 10.9. The Morgan fingerprint density at radius 2 is 2.17 bits per heavy atom. The minimum atomic E-state index is -0.535. The molecule has 2 N–H and O–H groups in total. The Kier molecular flexibility index (Phi) is 4.01. The average Bonchev–Trinajstić information content (AvgIpc) is 2.92. The van der Waals surface area contributed by atoms with Crippen LogP contribution in [0.2, 0.25) is 5.28 Å². The number of fused-ring (bicyclic) bond motifs is 1. The van der Waals surface area contributed by atoms with Gasteiger partial charge in [0.1, 0.15) is 16.4 Å². The predicted molar refractivity (Wildman–Crippen MR) is 89.8 cm³/mol. The zero-order valence-corrected chi connectivity index (χ0v) is 13.5. The van der Waals surface area contributed by atoms with E-state index < -0.39 is 4.92 Å². The Morgan fingerprint density at radius 1 is 1.39 bits per heavy atom. The number of thiophene rings is 1. The number of nitrogens with zero attached hydrogens (tertiary/aromatic N) is 3. The number of nitro benzene ring substituents is 1. The lowest BCUT2D eigenvalue weighted by atomic mass is 10.2. The van der Waals surface area contributed by atoms with Crippen LogP contribution < -0.4 is 5.32 Å². The molecule has 0 fully saturated rings. The van der Waals surface area contributed by atoms with Crippen molar-refractivity contribution < 1.29 is 10.0 Å². The Labute approximate surface area is 139 Å². The minimum absolute atomic E-state index is 0.0643. The molecule has 3 aromatic rings. The number of non-ortho nitro benzene ring substituents is 1. The fraction of sp³-hybridized carbons (Fsp3) is 0.143. The van der Waals surface area contributed by atoms with Crippen LogP contribution in [-0.2, 0) is 6.42 Å². The van der Waals surface area contributed by atoms with E-state index in [0.717, 1.165) is 16.7 Å². The molecule has 23 heavy (non-hydrogen) atoms. The average molecular weight is 351 g/mol. The number of aromatic hydroxyl groups is 1. The lowest BCUT2D eigenvalue weighted by Gasteiger charge is -2.08. The number of anilines is 2. The van der Waals surface area contributed by atoms with Crippen molar-refractivity contribution in [1.29, 1.82) is 0 Å². The number of phenolic OH excluding ortho intramolecular Hbond substituents is 1. The second-order valence-electron chi connectivity index (χ2n) is 4.71. The number of halogens is 1. The number of nitro groups is 1. The largest absolute Gasteiger partial charge is 0.506 e. The van der Waals surface area contributed by atoms with Crippen LogP contribution in [0.1, 0.15) is 11.8 Å². The highest BCUT2D eigenvalue weighted by Crippen LogP contribution is 2.35. The Bertz CT molecular complexity index is 912. The van der Waals surface area contributed by atoms with Crippen LogP contribution >= 0.6 is 22.9 Å². The first-order valence-corrected chi connectivity index (χ1v) is 7.87. The third-order valence-electron chi connectivity index (χ3n) is 3.21. The Balaban J connectivity index is 2.09. The third-order valence-corrected chi connectivity index (χ3v) is 4.55. The molecule has 118 valence electrons. The van der Waals surface area contributed by atoms with Gasteiger partial charge in [-0.3, -0.25) is 10.1 Å². The van der Waals surface area contributed by atoms with Gasteiger partial charge in [0.15, 0.2) is 0 Å². The molecule has 0 saturated carbocycles. The van der Waals surface area contributed by atoms with Crippen LogP contribution in [0, 0.1) is 10.1 Å². The number of aryl methyl sites for hydroxylation is 1. The van der Waals surface area contributed by atoms with Crippen molar-refractivity contribution in [2.24, 2.45) is 0 Å². The van der Waals surface area contributed by atoms with Gasteiger partial charge in [-0.1, -0.05) is 6.92 Å². The maximum atomic E-state index is 10.9. The van der Waals surface area contributed by atoms with E-state index in [1.54, 1.807) is 0 Å². The maximum Gasteiger partial charge on any atom is 0.271 e. The third kappa shape index (κ3) is 3.03. The van der Waals surface area contributed by atoms with E-state index >= 15 is 0 Å². The van der Waals surface area contributed by atoms with Crippen molar-refractivity contribution >= 4 is 50.3 Å². The molecule has 1 aromatic carbocycles. The SMILES string of the molecule is CCc1cc2c(Nc3cc([N+](=O)[O-])ccc3O)nc(Cl)nc2s1. The second-order valence-corrected chi connectivity index (χ2v) is 6.16. The van der Waals surface area contributed by atoms with Gasteiger partial charge in [-0.25, -0.2) is 4.98 Å². The van der Waals surface area contributed by atoms with Gasteiger partial charge in [0.25, 0.3) is 5.69 Å². The van der Waals surface area contributed by atoms with Crippen molar-refractivity contribution in [3.63, 3.8) is 0 Å². The molecule has 7 nitrogen and oxygen atoms in total. The number of phenols is 1. The second kappa shape index (κ2) is 5.98. The predicted octanol–water partition coefficient (Wildman–Crippen LogP) is 4.26. The molecule has 0 saturated heterocycles. The first-order valence-electron chi connectivity index (χ1n) is 6.68. The van der Waals surface area contributed by atoms with Crippen LogP contribution in [-0.4, -0.2) is 20.0 Å². The molecule has 0 atom stereocenters. The summed E-state index contributed by atoms with van der Waals surface area (Å²) in [7, 11) is 0. The van der Waals surface area contributed by atoms with Crippen molar-refractivity contribution in [3.05, 3.63) is 44.5 Å². The van der Waals surface area contributed by atoms with Gasteiger partial charge < -0.3 is 10.4 Å². The molecule has 0 aliphatic carbocycles. The van der Waals surface area contributed by atoms with Crippen LogP contribution in [0.15, 0.2) is 24.3 Å². The molecular weight excluding hydrogens is 340 g/mol. The summed E-state index contributed by atoms with van der Waals surface area (Å²) in [6, 6.07) is 5.66. The van der Waals surface area contributed by atoms with Gasteiger partial charge in [0, 0.05) is 17.0 Å². The summed E-state index contributed by atoms with van der Waals surface area (Å²) in [6.07, 6.45) is 0.847. The summed E-state index contributed by atoms with van der Waals surface area (Å²) in [4.78, 5) is 20.5. The number of rotatable bonds is 4. The van der Waals surface area contributed by atoms with Crippen molar-refractivity contribution in [1.82, 2.24) is 9.97 Å². The van der Waals surface area contributed by atoms with Gasteiger partial charge in [0.05, 0.1) is 16.0 Å². The lowest BCUT2D eigenvalue weighted by Crippen LogP contribution is -1.97. The summed E-state index contributed by atoms with van der Waals surface area (Å²) in [5.74, 6) is 0.274. The first-order chi connectivity index (χ1) is 11.0. The van der Waals surface area contributed by atoms with Gasteiger partial charge in [-0.15, -0.1) is 11.3 Å². The van der Waals surface area contributed by atoms with Gasteiger partial charge in [-0.2, -0.15) is 4.98 Å². The fourth-order valence-electron chi connectivity index (χ4n) is 2.08. The lowest BCUT2D eigenvalue weighted by molar-refractivity contribution is -0.384. The molecule has 0 unspecified atom stereocenters. The van der Waals surface area contributed by atoms with E-state index in [1.165, 1.54) is 29.5 Å². The molecule has 0 bridgehead atoms. The number of hydrogen-bond acceptors (Lipinski definition) is 7. The van der Waals surface area contributed by atoms with Gasteiger partial charge in [-0.05, 0) is 30.2 Å². The van der Waals surface area contributed by atoms with E-state index in [-0.39, 0.29) is 22.4 Å². The number of benzene rings is 1. The van der Waals surface area contributed by atoms with E-state index in [0.29, 0.717) is 10.6 Å². The van der Waals surface area contributed by atoms with Crippen LogP contribution in [0.4, 0.5) is 17.2 Å². The Morgan fingerprint density at radius 3 is 2.87 bits per heavy atom. The summed E-state index contributed by atoms with van der Waals surface area (Å²) in [5.41, 5.74) is 0.0424. The maximum absolute atomic E-state index is 10.9. The monoisotopic (exact) mass is 350 g/mol. The fourth-order valence-corrected chi connectivity index (χ4v) is 3.27. The van der Waals surface area contributed by atoms with Crippen LogP contribution in [0.3, 0.4) is 0 Å². The standard InChI is InChI=1S/C14H11ClN4O3S/c1-2-8-6-9-12(17-14(15)18-13(9)23-8)16-10-5-7(19(21)22)3-4-11(10)20/h3-6,20H,2H2,1H3,(H,16,17,18). The van der Waals surface area contributed by atoms with Crippen LogP contribution in [0.5, 0.6) is 5.75 Å². The number of hydrogen-bond donors (Lipinski definition) is 2. The molecule has 2 heterocycles. The molecule has 0 aliphatic rings. The molecule has 9 heteroatoms. The molecule has 2 aromatic heterocycles. The molecule has 0 radical (unpaired) electrons. The quantitative estimate of drug-likeness (QED) is 0.315. The van der Waals surface area contributed by atoms with E-state index in [1.807, 2.05) is 13.0 Å².